The Morgan fingerprint density at radius 3 is 2.62 bits per heavy atom. The molecule has 2 heterocycles. The van der Waals surface area contributed by atoms with Gasteiger partial charge in [-0.2, -0.15) is 5.10 Å². The number of rotatable bonds is 3. The lowest BCUT2D eigenvalue weighted by Gasteiger charge is -2.17. The zero-order valence-electron chi connectivity index (χ0n) is 11.6. The predicted molar refractivity (Wildman–Crippen MR) is 87.6 cm³/mol. The summed E-state index contributed by atoms with van der Waals surface area (Å²) in [5.41, 5.74) is 8.26. The van der Waals surface area contributed by atoms with Crippen LogP contribution in [0.2, 0.25) is 0 Å². The molecule has 0 unspecified atom stereocenters. The second-order valence-electron chi connectivity index (χ2n) is 5.30. The lowest BCUT2D eigenvalue weighted by Crippen LogP contribution is -2.26. The molecule has 0 aliphatic carbocycles. The topological polar surface area (TPSA) is 64.2 Å². The van der Waals surface area contributed by atoms with Crippen molar-refractivity contribution in [3.63, 3.8) is 0 Å². The fourth-order valence-electron chi connectivity index (χ4n) is 2.63. The third kappa shape index (κ3) is 3.26. The molecule has 1 aliphatic rings. The molecule has 6 heteroatoms. The van der Waals surface area contributed by atoms with Crippen LogP contribution < -0.4 is 16.2 Å². The molecule has 2 N–H and O–H groups in total. The van der Waals surface area contributed by atoms with Crippen molar-refractivity contribution >= 4 is 27.3 Å². The van der Waals surface area contributed by atoms with Crippen LogP contribution in [-0.2, 0) is 6.54 Å². The second-order valence-corrected chi connectivity index (χ2v) is 6.21. The minimum atomic E-state index is -0.0852. The van der Waals surface area contributed by atoms with Crippen molar-refractivity contribution in [1.29, 1.82) is 0 Å². The third-order valence-electron chi connectivity index (χ3n) is 3.64. The highest BCUT2D eigenvalue weighted by atomic mass is 79.9. The molecule has 1 aliphatic heterocycles. The molecule has 0 bridgehead atoms. The molecule has 0 radical (unpaired) electrons. The van der Waals surface area contributed by atoms with E-state index >= 15 is 0 Å². The Kier molecular flexibility index (Phi) is 3.96. The lowest BCUT2D eigenvalue weighted by molar-refractivity contribution is 0.637. The summed E-state index contributed by atoms with van der Waals surface area (Å²) in [5.74, 6) is 0. The molecule has 0 saturated carbocycles. The van der Waals surface area contributed by atoms with Crippen LogP contribution >= 0.6 is 15.9 Å². The first-order chi connectivity index (χ1) is 10.1. The van der Waals surface area contributed by atoms with Gasteiger partial charge in [0, 0.05) is 29.3 Å². The first-order valence-electron chi connectivity index (χ1n) is 6.99. The van der Waals surface area contributed by atoms with Crippen molar-refractivity contribution in [2.45, 2.75) is 19.4 Å². The number of hydrogen-bond acceptors (Lipinski definition) is 4. The number of anilines is 2. The van der Waals surface area contributed by atoms with Gasteiger partial charge in [-0.3, -0.25) is 4.79 Å². The van der Waals surface area contributed by atoms with Crippen LogP contribution in [-0.4, -0.2) is 22.9 Å². The fraction of sp³-hybridized carbons (Fsp3) is 0.333. The molecular weight excluding hydrogens is 332 g/mol. The van der Waals surface area contributed by atoms with Gasteiger partial charge in [-0.1, -0.05) is 15.9 Å². The molecule has 110 valence electrons. The molecule has 2 aromatic rings. The van der Waals surface area contributed by atoms with Gasteiger partial charge in [0.25, 0.3) is 5.56 Å². The summed E-state index contributed by atoms with van der Waals surface area (Å²) in [6.45, 7) is 2.43. The number of nitrogens with zero attached hydrogens (tertiary/aromatic N) is 3. The Labute approximate surface area is 131 Å². The number of hydrogen-bond donors (Lipinski definition) is 1. The summed E-state index contributed by atoms with van der Waals surface area (Å²) in [7, 11) is 0. The lowest BCUT2D eigenvalue weighted by atomic mass is 10.2. The van der Waals surface area contributed by atoms with E-state index in [-0.39, 0.29) is 5.56 Å². The molecule has 0 spiro atoms. The molecule has 3 rings (SSSR count). The number of benzene rings is 1. The maximum absolute atomic E-state index is 12.2. The number of aromatic nitrogens is 2. The van der Waals surface area contributed by atoms with E-state index in [0.29, 0.717) is 12.2 Å². The average Bonchev–Trinajstić information content (AvgIpc) is 2.94. The summed E-state index contributed by atoms with van der Waals surface area (Å²) in [6.07, 6.45) is 4.13. The molecule has 0 amide bonds. The predicted octanol–water partition coefficient (Wildman–Crippen LogP) is 2.24. The van der Waals surface area contributed by atoms with Gasteiger partial charge in [0.2, 0.25) is 0 Å². The summed E-state index contributed by atoms with van der Waals surface area (Å²) < 4.78 is 2.36. The first kappa shape index (κ1) is 14.1. The van der Waals surface area contributed by atoms with Crippen molar-refractivity contribution in [2.24, 2.45) is 0 Å². The number of halogens is 1. The van der Waals surface area contributed by atoms with E-state index in [1.54, 1.807) is 12.3 Å². The largest absolute Gasteiger partial charge is 0.399 e. The van der Waals surface area contributed by atoms with Gasteiger partial charge in [-0.05, 0) is 36.6 Å². The van der Waals surface area contributed by atoms with Crippen molar-refractivity contribution in [3.05, 3.63) is 50.9 Å². The summed E-state index contributed by atoms with van der Waals surface area (Å²) in [4.78, 5) is 14.4. The van der Waals surface area contributed by atoms with Crippen LogP contribution in [0.3, 0.4) is 0 Å². The van der Waals surface area contributed by atoms with E-state index in [2.05, 4.69) is 25.9 Å². The molecule has 1 fully saturated rings. The van der Waals surface area contributed by atoms with E-state index in [0.717, 1.165) is 28.8 Å². The SMILES string of the molecule is Nc1cc(Br)cc(Cn2ncc(N3CCCC3)cc2=O)c1. The average molecular weight is 349 g/mol. The highest BCUT2D eigenvalue weighted by Gasteiger charge is 2.13. The van der Waals surface area contributed by atoms with Crippen LogP contribution in [0.4, 0.5) is 11.4 Å². The molecule has 1 aromatic heterocycles. The quantitative estimate of drug-likeness (QED) is 0.864. The third-order valence-corrected chi connectivity index (χ3v) is 4.10. The number of nitrogen functional groups attached to an aromatic ring is 1. The van der Waals surface area contributed by atoms with E-state index in [9.17, 15) is 4.79 Å². The van der Waals surface area contributed by atoms with Gasteiger partial charge in [-0.25, -0.2) is 4.68 Å². The van der Waals surface area contributed by atoms with Gasteiger partial charge >= 0.3 is 0 Å². The molecular formula is C15H17BrN4O. The zero-order chi connectivity index (χ0) is 14.8. The van der Waals surface area contributed by atoms with Crippen molar-refractivity contribution in [2.75, 3.05) is 23.7 Å². The zero-order valence-corrected chi connectivity index (χ0v) is 13.2. The highest BCUT2D eigenvalue weighted by Crippen LogP contribution is 2.19. The normalized spacial score (nSPS) is 14.6. The highest BCUT2D eigenvalue weighted by molar-refractivity contribution is 9.10. The molecule has 0 atom stereocenters. The van der Waals surface area contributed by atoms with Crippen LogP contribution in [0.15, 0.2) is 39.7 Å². The van der Waals surface area contributed by atoms with Crippen molar-refractivity contribution < 1.29 is 0 Å². The Morgan fingerprint density at radius 1 is 1.19 bits per heavy atom. The van der Waals surface area contributed by atoms with Gasteiger partial charge in [0.1, 0.15) is 0 Å². The van der Waals surface area contributed by atoms with Crippen LogP contribution in [0.25, 0.3) is 0 Å². The van der Waals surface area contributed by atoms with Crippen LogP contribution in [0.5, 0.6) is 0 Å². The second kappa shape index (κ2) is 5.89. The summed E-state index contributed by atoms with van der Waals surface area (Å²) in [6, 6.07) is 7.29. The van der Waals surface area contributed by atoms with Gasteiger partial charge in [0.15, 0.2) is 0 Å². The minimum Gasteiger partial charge on any atom is -0.399 e. The first-order valence-corrected chi connectivity index (χ1v) is 7.78. The van der Waals surface area contributed by atoms with Crippen molar-refractivity contribution in [3.8, 4) is 0 Å². The summed E-state index contributed by atoms with van der Waals surface area (Å²) in [5, 5.41) is 4.28. The maximum Gasteiger partial charge on any atom is 0.269 e. The van der Waals surface area contributed by atoms with Gasteiger partial charge < -0.3 is 10.6 Å². The van der Waals surface area contributed by atoms with Crippen LogP contribution in [0, 0.1) is 0 Å². The Bertz CT molecular complexity index is 687. The van der Waals surface area contributed by atoms with Crippen LogP contribution in [0.1, 0.15) is 18.4 Å². The number of nitrogens with two attached hydrogens (primary N) is 1. The van der Waals surface area contributed by atoms with Gasteiger partial charge in [-0.15, -0.1) is 0 Å². The van der Waals surface area contributed by atoms with E-state index in [1.165, 1.54) is 17.5 Å². The van der Waals surface area contributed by atoms with E-state index in [4.69, 9.17) is 5.73 Å². The Hall–Kier alpha value is -1.82. The molecule has 21 heavy (non-hydrogen) atoms. The van der Waals surface area contributed by atoms with E-state index < -0.39 is 0 Å². The Balaban J connectivity index is 1.84. The molecule has 1 aromatic carbocycles. The molecule has 5 nitrogen and oxygen atoms in total. The summed E-state index contributed by atoms with van der Waals surface area (Å²) >= 11 is 3.41. The molecule has 1 saturated heterocycles. The maximum atomic E-state index is 12.2. The van der Waals surface area contributed by atoms with Crippen molar-refractivity contribution in [1.82, 2.24) is 9.78 Å². The van der Waals surface area contributed by atoms with E-state index in [1.807, 2.05) is 18.2 Å². The fourth-order valence-corrected chi connectivity index (χ4v) is 3.19. The standard InChI is InChI=1S/C15H17BrN4O/c16-12-5-11(6-13(17)7-12)10-20-15(21)8-14(9-18-20)19-3-1-2-4-19/h5-9H,1-4,10,17H2. The Morgan fingerprint density at radius 2 is 1.95 bits per heavy atom. The monoisotopic (exact) mass is 348 g/mol. The van der Waals surface area contributed by atoms with Gasteiger partial charge in [0.05, 0.1) is 18.4 Å². The minimum absolute atomic E-state index is 0.0852. The smallest absolute Gasteiger partial charge is 0.269 e.